The molecule has 0 aliphatic heterocycles. The van der Waals surface area contributed by atoms with E-state index in [9.17, 15) is 0 Å². The zero-order valence-electron chi connectivity index (χ0n) is 11.1. The molecular weight excluding hydrogens is 270 g/mol. The molecule has 0 fully saturated rings. The summed E-state index contributed by atoms with van der Waals surface area (Å²) >= 11 is 5.68. The Labute approximate surface area is 118 Å². The van der Waals surface area contributed by atoms with Gasteiger partial charge in [0.2, 0.25) is 0 Å². The SMILES string of the molecule is COCCOCCOCCOCc1ccc(Cl)nc1. The van der Waals surface area contributed by atoms with E-state index in [0.717, 1.165) is 5.56 Å². The monoisotopic (exact) mass is 289 g/mol. The molecule has 0 aromatic carbocycles. The Kier molecular flexibility index (Phi) is 9.57. The molecule has 5 nitrogen and oxygen atoms in total. The maximum atomic E-state index is 5.68. The van der Waals surface area contributed by atoms with Gasteiger partial charge < -0.3 is 18.9 Å². The predicted molar refractivity (Wildman–Crippen MR) is 72.4 cm³/mol. The van der Waals surface area contributed by atoms with Crippen LogP contribution in [0.4, 0.5) is 0 Å². The fraction of sp³-hybridized carbons (Fsp3) is 0.615. The highest BCUT2D eigenvalue weighted by atomic mass is 35.5. The van der Waals surface area contributed by atoms with E-state index in [0.29, 0.717) is 51.4 Å². The fourth-order valence-electron chi connectivity index (χ4n) is 1.26. The Morgan fingerprint density at radius 1 is 0.947 bits per heavy atom. The number of aromatic nitrogens is 1. The second kappa shape index (κ2) is 11.1. The highest BCUT2D eigenvalue weighted by Gasteiger charge is 1.95. The molecule has 0 atom stereocenters. The minimum atomic E-state index is 0.487. The van der Waals surface area contributed by atoms with Crippen molar-refractivity contribution in [2.24, 2.45) is 0 Å². The van der Waals surface area contributed by atoms with Gasteiger partial charge in [-0.2, -0.15) is 0 Å². The van der Waals surface area contributed by atoms with Gasteiger partial charge in [-0.25, -0.2) is 4.98 Å². The summed E-state index contributed by atoms with van der Waals surface area (Å²) in [5, 5.41) is 0.487. The molecular formula is C13H20ClNO4. The summed E-state index contributed by atoms with van der Waals surface area (Å²) in [6.45, 7) is 3.95. The average molecular weight is 290 g/mol. The van der Waals surface area contributed by atoms with Gasteiger partial charge >= 0.3 is 0 Å². The lowest BCUT2D eigenvalue weighted by atomic mass is 10.3. The zero-order valence-corrected chi connectivity index (χ0v) is 11.9. The van der Waals surface area contributed by atoms with E-state index in [4.69, 9.17) is 30.5 Å². The standard InChI is InChI=1S/C13H20ClNO4/c1-16-4-5-17-6-7-18-8-9-19-11-12-2-3-13(14)15-10-12/h2-3,10H,4-9,11H2,1H3. The molecule has 19 heavy (non-hydrogen) atoms. The van der Waals surface area contributed by atoms with Gasteiger partial charge in [-0.05, 0) is 11.6 Å². The number of hydrogen-bond donors (Lipinski definition) is 0. The molecule has 0 saturated heterocycles. The Balaban J connectivity index is 1.87. The van der Waals surface area contributed by atoms with E-state index < -0.39 is 0 Å². The zero-order chi connectivity index (χ0) is 13.8. The van der Waals surface area contributed by atoms with Crippen LogP contribution in [0.15, 0.2) is 18.3 Å². The predicted octanol–water partition coefficient (Wildman–Crippen LogP) is 1.93. The minimum Gasteiger partial charge on any atom is -0.382 e. The van der Waals surface area contributed by atoms with E-state index in [2.05, 4.69) is 4.98 Å². The van der Waals surface area contributed by atoms with Crippen LogP contribution < -0.4 is 0 Å². The highest BCUT2D eigenvalue weighted by Crippen LogP contribution is 2.05. The lowest BCUT2D eigenvalue weighted by Crippen LogP contribution is -2.11. The van der Waals surface area contributed by atoms with Crippen LogP contribution in [-0.2, 0) is 25.6 Å². The van der Waals surface area contributed by atoms with E-state index in [1.54, 1.807) is 19.4 Å². The molecule has 0 N–H and O–H groups in total. The number of methoxy groups -OCH3 is 1. The first-order valence-electron chi connectivity index (χ1n) is 6.15. The molecule has 0 unspecified atom stereocenters. The van der Waals surface area contributed by atoms with E-state index >= 15 is 0 Å². The summed E-state index contributed by atoms with van der Waals surface area (Å²) in [6, 6.07) is 3.63. The van der Waals surface area contributed by atoms with E-state index in [1.165, 1.54) is 0 Å². The maximum Gasteiger partial charge on any atom is 0.129 e. The van der Waals surface area contributed by atoms with Crippen molar-refractivity contribution >= 4 is 11.6 Å². The maximum absolute atomic E-state index is 5.68. The van der Waals surface area contributed by atoms with Gasteiger partial charge in [0.05, 0.1) is 46.2 Å². The summed E-state index contributed by atoms with van der Waals surface area (Å²) in [6.07, 6.45) is 1.70. The van der Waals surface area contributed by atoms with Crippen LogP contribution in [0.2, 0.25) is 5.15 Å². The Morgan fingerprint density at radius 3 is 2.16 bits per heavy atom. The molecule has 108 valence electrons. The van der Waals surface area contributed by atoms with Crippen LogP contribution in [0, 0.1) is 0 Å². The van der Waals surface area contributed by atoms with E-state index in [1.807, 2.05) is 6.07 Å². The van der Waals surface area contributed by atoms with Gasteiger partial charge in [0.25, 0.3) is 0 Å². The Morgan fingerprint density at radius 2 is 1.58 bits per heavy atom. The Hall–Kier alpha value is -0.720. The van der Waals surface area contributed by atoms with Gasteiger partial charge in [-0.15, -0.1) is 0 Å². The molecule has 0 radical (unpaired) electrons. The quantitative estimate of drug-likeness (QED) is 0.460. The highest BCUT2D eigenvalue weighted by molar-refractivity contribution is 6.29. The normalized spacial score (nSPS) is 10.8. The van der Waals surface area contributed by atoms with Crippen molar-refractivity contribution < 1.29 is 18.9 Å². The number of hydrogen-bond acceptors (Lipinski definition) is 5. The van der Waals surface area contributed by atoms with Crippen LogP contribution in [-0.4, -0.2) is 51.7 Å². The van der Waals surface area contributed by atoms with Crippen molar-refractivity contribution in [3.8, 4) is 0 Å². The van der Waals surface area contributed by atoms with Gasteiger partial charge in [-0.3, -0.25) is 0 Å². The first-order valence-corrected chi connectivity index (χ1v) is 6.53. The first kappa shape index (κ1) is 16.3. The van der Waals surface area contributed by atoms with Crippen LogP contribution in [0.5, 0.6) is 0 Å². The summed E-state index contributed by atoms with van der Waals surface area (Å²) < 4.78 is 20.9. The van der Waals surface area contributed by atoms with Crippen LogP contribution in [0.1, 0.15) is 5.56 Å². The van der Waals surface area contributed by atoms with Gasteiger partial charge in [0.15, 0.2) is 0 Å². The van der Waals surface area contributed by atoms with Crippen molar-refractivity contribution in [1.82, 2.24) is 4.98 Å². The average Bonchev–Trinajstić information content (AvgIpc) is 2.43. The van der Waals surface area contributed by atoms with Crippen molar-refractivity contribution in [1.29, 1.82) is 0 Å². The minimum absolute atomic E-state index is 0.487. The Bertz CT molecular complexity index is 321. The third-order valence-electron chi connectivity index (χ3n) is 2.23. The third kappa shape index (κ3) is 8.91. The van der Waals surface area contributed by atoms with Crippen LogP contribution in [0.25, 0.3) is 0 Å². The molecule has 6 heteroatoms. The van der Waals surface area contributed by atoms with Crippen molar-refractivity contribution in [3.05, 3.63) is 29.0 Å². The molecule has 0 spiro atoms. The van der Waals surface area contributed by atoms with Crippen molar-refractivity contribution in [2.75, 3.05) is 46.8 Å². The van der Waals surface area contributed by atoms with Crippen LogP contribution in [0.3, 0.4) is 0 Å². The topological polar surface area (TPSA) is 49.8 Å². The number of pyridine rings is 1. The number of nitrogens with zero attached hydrogens (tertiary/aromatic N) is 1. The smallest absolute Gasteiger partial charge is 0.129 e. The molecule has 0 aliphatic carbocycles. The molecule has 1 aromatic heterocycles. The molecule has 0 bridgehead atoms. The second-order valence-electron chi connectivity index (χ2n) is 3.76. The molecule has 0 amide bonds. The van der Waals surface area contributed by atoms with Crippen molar-refractivity contribution in [3.63, 3.8) is 0 Å². The lowest BCUT2D eigenvalue weighted by molar-refractivity contribution is 0.000839. The van der Waals surface area contributed by atoms with Gasteiger partial charge in [-0.1, -0.05) is 17.7 Å². The molecule has 1 aromatic rings. The molecule has 1 rings (SSSR count). The third-order valence-corrected chi connectivity index (χ3v) is 2.46. The summed E-state index contributed by atoms with van der Waals surface area (Å²) in [5.41, 5.74) is 0.993. The number of rotatable bonds is 11. The fourth-order valence-corrected chi connectivity index (χ4v) is 1.38. The second-order valence-corrected chi connectivity index (χ2v) is 4.15. The van der Waals surface area contributed by atoms with Crippen molar-refractivity contribution in [2.45, 2.75) is 6.61 Å². The number of ether oxygens (including phenoxy) is 4. The molecule has 1 heterocycles. The largest absolute Gasteiger partial charge is 0.382 e. The summed E-state index contributed by atoms with van der Waals surface area (Å²) in [4.78, 5) is 3.97. The lowest BCUT2D eigenvalue weighted by Gasteiger charge is -2.06. The van der Waals surface area contributed by atoms with Crippen LogP contribution >= 0.6 is 11.6 Å². The summed E-state index contributed by atoms with van der Waals surface area (Å²) in [5.74, 6) is 0. The van der Waals surface area contributed by atoms with Gasteiger partial charge in [0.1, 0.15) is 5.15 Å². The molecule has 0 aliphatic rings. The summed E-state index contributed by atoms with van der Waals surface area (Å²) in [7, 11) is 1.65. The van der Waals surface area contributed by atoms with E-state index in [-0.39, 0.29) is 0 Å². The molecule has 0 saturated carbocycles. The van der Waals surface area contributed by atoms with Gasteiger partial charge in [0, 0.05) is 13.3 Å². The first-order chi connectivity index (χ1) is 9.33. The number of halogens is 1.